The zero-order valence-electron chi connectivity index (χ0n) is 9.33. The van der Waals surface area contributed by atoms with E-state index in [2.05, 4.69) is 13.8 Å². The summed E-state index contributed by atoms with van der Waals surface area (Å²) in [5, 5.41) is 0. The Labute approximate surface area is 86.6 Å². The largest absolute Gasteiger partial charge is 0.339 e. The van der Waals surface area contributed by atoms with Crippen LogP contribution in [0.5, 0.6) is 0 Å². The zero-order chi connectivity index (χ0) is 10.6. The Kier molecular flexibility index (Phi) is 4.39. The average Bonchev–Trinajstić information content (AvgIpc) is 2.22. The number of rotatable bonds is 6. The van der Waals surface area contributed by atoms with Crippen molar-refractivity contribution in [3.8, 4) is 0 Å². The van der Waals surface area contributed by atoms with Gasteiger partial charge in [-0.15, -0.1) is 0 Å². The monoisotopic (exact) mass is 198 g/mol. The predicted molar refractivity (Wildman–Crippen MR) is 57.9 cm³/mol. The Hall–Kier alpha value is -0.570. The van der Waals surface area contributed by atoms with Crippen LogP contribution in [0.15, 0.2) is 0 Å². The Morgan fingerprint density at radius 3 is 2.71 bits per heavy atom. The van der Waals surface area contributed by atoms with Crippen LogP contribution in [-0.4, -0.2) is 29.9 Å². The highest BCUT2D eigenvalue weighted by molar-refractivity contribution is 5.87. The van der Waals surface area contributed by atoms with Gasteiger partial charge >= 0.3 is 0 Å². The lowest BCUT2D eigenvalue weighted by molar-refractivity contribution is -0.143. The van der Waals surface area contributed by atoms with Crippen molar-refractivity contribution in [1.82, 2.24) is 4.90 Å². The summed E-state index contributed by atoms with van der Waals surface area (Å²) in [6.45, 7) is 6.09. The van der Waals surface area contributed by atoms with E-state index in [1.807, 2.05) is 4.90 Å². The third-order valence-corrected chi connectivity index (χ3v) is 3.07. The van der Waals surface area contributed by atoms with Crippen molar-refractivity contribution in [2.75, 3.05) is 13.1 Å². The Morgan fingerprint density at radius 1 is 1.57 bits per heavy atom. The summed E-state index contributed by atoms with van der Waals surface area (Å²) in [7, 11) is 0. The molecule has 2 N–H and O–H groups in total. The number of likely N-dealkylation sites (tertiary alicyclic amines) is 1. The number of unbranched alkanes of at least 4 members (excludes halogenated alkanes) is 1. The van der Waals surface area contributed by atoms with Crippen LogP contribution in [0, 0.1) is 5.92 Å². The van der Waals surface area contributed by atoms with Crippen LogP contribution in [0.1, 0.15) is 39.5 Å². The van der Waals surface area contributed by atoms with Crippen molar-refractivity contribution in [3.63, 3.8) is 0 Å². The Bertz CT molecular complexity index is 194. The number of nitrogens with zero attached hydrogens (tertiary/aromatic N) is 1. The molecule has 0 spiro atoms. The highest BCUT2D eigenvalue weighted by Crippen LogP contribution is 2.18. The van der Waals surface area contributed by atoms with Gasteiger partial charge in [0.15, 0.2) is 0 Å². The van der Waals surface area contributed by atoms with E-state index >= 15 is 0 Å². The molecule has 1 heterocycles. The summed E-state index contributed by atoms with van der Waals surface area (Å²) >= 11 is 0. The number of hydrogen-bond donors (Lipinski definition) is 1. The predicted octanol–water partition coefficient (Wildman–Crippen LogP) is 1.37. The summed E-state index contributed by atoms with van der Waals surface area (Å²) in [5.41, 5.74) is 5.54. The summed E-state index contributed by atoms with van der Waals surface area (Å²) in [6.07, 6.45) is 4.92. The van der Waals surface area contributed by atoms with Gasteiger partial charge in [0.25, 0.3) is 0 Å². The number of hydrogen-bond acceptors (Lipinski definition) is 2. The normalized spacial score (nSPS) is 23.5. The molecule has 0 aromatic rings. The average molecular weight is 198 g/mol. The number of carbonyl (C=O) groups excluding carboxylic acids is 1. The molecule has 1 aliphatic heterocycles. The van der Waals surface area contributed by atoms with Gasteiger partial charge in [-0.05, 0) is 12.3 Å². The molecule has 1 rings (SSSR count). The van der Waals surface area contributed by atoms with Crippen LogP contribution < -0.4 is 5.73 Å². The smallest absolute Gasteiger partial charge is 0.241 e. The quantitative estimate of drug-likeness (QED) is 0.655. The van der Waals surface area contributed by atoms with Crippen LogP contribution in [0.3, 0.4) is 0 Å². The van der Waals surface area contributed by atoms with Crippen molar-refractivity contribution in [2.24, 2.45) is 11.7 Å². The molecule has 0 bridgehead atoms. The molecule has 1 amide bonds. The second kappa shape index (κ2) is 5.35. The minimum atomic E-state index is -0.210. The summed E-state index contributed by atoms with van der Waals surface area (Å²) in [5.74, 6) is 0.811. The second-order valence-electron chi connectivity index (χ2n) is 4.27. The molecular weight excluding hydrogens is 176 g/mol. The molecule has 0 radical (unpaired) electrons. The fraction of sp³-hybridized carbons (Fsp3) is 0.909. The molecule has 0 saturated carbocycles. The van der Waals surface area contributed by atoms with Gasteiger partial charge in [0.05, 0.1) is 0 Å². The van der Waals surface area contributed by atoms with Crippen LogP contribution in [0.4, 0.5) is 0 Å². The van der Waals surface area contributed by atoms with Gasteiger partial charge in [0, 0.05) is 13.1 Å². The summed E-state index contributed by atoms with van der Waals surface area (Å²) < 4.78 is 0. The van der Waals surface area contributed by atoms with E-state index in [4.69, 9.17) is 5.73 Å². The van der Waals surface area contributed by atoms with Crippen LogP contribution in [0.25, 0.3) is 0 Å². The van der Waals surface area contributed by atoms with E-state index in [0.717, 1.165) is 13.1 Å². The first-order valence-electron chi connectivity index (χ1n) is 5.73. The highest BCUT2D eigenvalue weighted by atomic mass is 16.2. The van der Waals surface area contributed by atoms with Crippen molar-refractivity contribution < 1.29 is 4.79 Å². The molecule has 82 valence electrons. The van der Waals surface area contributed by atoms with Crippen molar-refractivity contribution in [1.29, 1.82) is 0 Å². The van der Waals surface area contributed by atoms with E-state index in [9.17, 15) is 4.79 Å². The standard InChI is InChI=1S/C11H22N2O/c1-3-5-6-9(4-2)7-13-8-10(12)11(13)14/h9-10H,3-8,12H2,1-2H3. The SMILES string of the molecule is CCCCC(CC)CN1CC(N)C1=O. The lowest BCUT2D eigenvalue weighted by atomic mass is 9.96. The number of carbonyl (C=O) groups is 1. The lowest BCUT2D eigenvalue weighted by Gasteiger charge is -2.38. The van der Waals surface area contributed by atoms with Crippen LogP contribution in [-0.2, 0) is 4.79 Å². The molecule has 1 saturated heterocycles. The van der Waals surface area contributed by atoms with Crippen LogP contribution >= 0.6 is 0 Å². The molecule has 1 aliphatic rings. The van der Waals surface area contributed by atoms with Gasteiger partial charge in [-0.3, -0.25) is 4.79 Å². The maximum atomic E-state index is 11.3. The molecule has 3 heteroatoms. The van der Waals surface area contributed by atoms with E-state index in [0.29, 0.717) is 5.92 Å². The first kappa shape index (κ1) is 11.5. The first-order chi connectivity index (χ1) is 6.69. The van der Waals surface area contributed by atoms with Gasteiger partial charge in [-0.1, -0.05) is 33.1 Å². The maximum Gasteiger partial charge on any atom is 0.241 e. The Morgan fingerprint density at radius 2 is 2.29 bits per heavy atom. The lowest BCUT2D eigenvalue weighted by Crippen LogP contribution is -2.61. The second-order valence-corrected chi connectivity index (χ2v) is 4.27. The van der Waals surface area contributed by atoms with Crippen molar-refractivity contribution >= 4 is 5.91 Å². The van der Waals surface area contributed by atoms with Crippen molar-refractivity contribution in [3.05, 3.63) is 0 Å². The van der Waals surface area contributed by atoms with E-state index in [-0.39, 0.29) is 11.9 Å². The number of nitrogens with two attached hydrogens (primary N) is 1. The molecule has 1 fully saturated rings. The third kappa shape index (κ3) is 2.71. The fourth-order valence-corrected chi connectivity index (χ4v) is 1.92. The van der Waals surface area contributed by atoms with E-state index in [1.165, 1.54) is 25.7 Å². The van der Waals surface area contributed by atoms with Gasteiger partial charge in [-0.2, -0.15) is 0 Å². The minimum Gasteiger partial charge on any atom is -0.339 e. The molecule has 2 atom stereocenters. The molecule has 14 heavy (non-hydrogen) atoms. The fourth-order valence-electron chi connectivity index (χ4n) is 1.92. The topological polar surface area (TPSA) is 46.3 Å². The van der Waals surface area contributed by atoms with Gasteiger partial charge in [0.1, 0.15) is 6.04 Å². The third-order valence-electron chi connectivity index (χ3n) is 3.07. The van der Waals surface area contributed by atoms with Gasteiger partial charge in [-0.25, -0.2) is 0 Å². The number of amides is 1. The molecule has 0 aromatic heterocycles. The number of β-lactam (4-membered cyclic amide) rings is 1. The summed E-state index contributed by atoms with van der Waals surface area (Å²) in [4.78, 5) is 13.2. The molecule has 3 nitrogen and oxygen atoms in total. The Balaban J connectivity index is 2.23. The molecule has 2 unspecified atom stereocenters. The van der Waals surface area contributed by atoms with Crippen LogP contribution in [0.2, 0.25) is 0 Å². The highest BCUT2D eigenvalue weighted by Gasteiger charge is 2.33. The first-order valence-corrected chi connectivity index (χ1v) is 5.73. The maximum absolute atomic E-state index is 11.3. The molecule has 0 aromatic carbocycles. The molecular formula is C11H22N2O. The van der Waals surface area contributed by atoms with Gasteiger partial charge in [0.2, 0.25) is 5.91 Å². The van der Waals surface area contributed by atoms with Crippen molar-refractivity contribution in [2.45, 2.75) is 45.6 Å². The van der Waals surface area contributed by atoms with E-state index < -0.39 is 0 Å². The van der Waals surface area contributed by atoms with E-state index in [1.54, 1.807) is 0 Å². The van der Waals surface area contributed by atoms with Gasteiger partial charge < -0.3 is 10.6 Å². The summed E-state index contributed by atoms with van der Waals surface area (Å²) in [6, 6.07) is -0.210. The minimum absolute atomic E-state index is 0.139. The zero-order valence-corrected chi connectivity index (χ0v) is 9.33. The molecule has 0 aliphatic carbocycles.